The molecular formula is C9H15NO. The number of terminal acetylenes is 1. The molecule has 2 heteroatoms. The first kappa shape index (κ1) is 10.0. The van der Waals surface area contributed by atoms with Gasteiger partial charge in [0.25, 0.3) is 0 Å². The van der Waals surface area contributed by atoms with Crippen LogP contribution in [0.25, 0.3) is 0 Å². The van der Waals surface area contributed by atoms with E-state index in [2.05, 4.69) is 11.2 Å². The molecule has 0 aromatic heterocycles. The fraction of sp³-hybridized carbons (Fsp3) is 0.667. The molecule has 2 nitrogen and oxygen atoms in total. The van der Waals surface area contributed by atoms with E-state index in [0.29, 0.717) is 0 Å². The molecule has 0 heterocycles. The van der Waals surface area contributed by atoms with Crippen molar-refractivity contribution in [2.75, 3.05) is 0 Å². The lowest BCUT2D eigenvalue weighted by atomic mass is 10.1. The number of carbonyl (C=O) groups excluding carboxylic acids is 1. The van der Waals surface area contributed by atoms with Crippen molar-refractivity contribution < 1.29 is 4.79 Å². The van der Waals surface area contributed by atoms with E-state index in [1.165, 1.54) is 0 Å². The lowest BCUT2D eigenvalue weighted by Gasteiger charge is -2.11. The van der Waals surface area contributed by atoms with Crippen molar-refractivity contribution in [3.05, 3.63) is 0 Å². The Morgan fingerprint density at radius 1 is 1.64 bits per heavy atom. The van der Waals surface area contributed by atoms with E-state index in [1.807, 2.05) is 13.8 Å². The van der Waals surface area contributed by atoms with E-state index >= 15 is 0 Å². The largest absolute Gasteiger partial charge is 0.343 e. The minimum absolute atomic E-state index is 0.0398. The molecule has 0 aliphatic heterocycles. The van der Waals surface area contributed by atoms with Crippen LogP contribution in [0.4, 0.5) is 0 Å². The maximum absolute atomic E-state index is 11.1. The molecule has 0 rings (SSSR count). The first-order valence-electron chi connectivity index (χ1n) is 3.88. The maximum Gasteiger partial charge on any atom is 0.223 e. The molecule has 0 saturated heterocycles. The molecule has 0 aromatic carbocycles. The molecule has 0 aliphatic rings. The van der Waals surface area contributed by atoms with Gasteiger partial charge in [0.05, 0.1) is 6.04 Å². The molecule has 1 amide bonds. The molecule has 11 heavy (non-hydrogen) atoms. The highest BCUT2D eigenvalue weighted by Gasteiger charge is 2.10. The highest BCUT2D eigenvalue weighted by Crippen LogP contribution is 1.99. The van der Waals surface area contributed by atoms with Crippen LogP contribution in [-0.4, -0.2) is 11.9 Å². The molecule has 0 saturated carbocycles. The normalized spacial score (nSPS) is 14.7. The van der Waals surface area contributed by atoms with Gasteiger partial charge in [0.2, 0.25) is 5.91 Å². The molecule has 1 N–H and O–H groups in total. The van der Waals surface area contributed by atoms with E-state index in [-0.39, 0.29) is 17.9 Å². The Balaban J connectivity index is 3.80. The number of rotatable bonds is 3. The summed E-state index contributed by atoms with van der Waals surface area (Å²) in [6.07, 6.45) is 5.95. The predicted octanol–water partition coefficient (Wildman–Crippen LogP) is 1.17. The molecular weight excluding hydrogens is 138 g/mol. The van der Waals surface area contributed by atoms with Crippen molar-refractivity contribution in [3.8, 4) is 12.3 Å². The number of amides is 1. The van der Waals surface area contributed by atoms with Gasteiger partial charge in [-0.2, -0.15) is 0 Å². The Hall–Kier alpha value is -0.970. The van der Waals surface area contributed by atoms with Crippen LogP contribution in [0.3, 0.4) is 0 Å². The Morgan fingerprint density at radius 3 is 2.55 bits per heavy atom. The average molecular weight is 153 g/mol. The van der Waals surface area contributed by atoms with Crippen molar-refractivity contribution in [1.29, 1.82) is 0 Å². The zero-order valence-electron chi connectivity index (χ0n) is 7.35. The average Bonchev–Trinajstić information content (AvgIpc) is 2.02. The summed E-state index contributed by atoms with van der Waals surface area (Å²) in [5.74, 6) is 2.54. The Labute approximate surface area is 68.4 Å². The Morgan fingerprint density at radius 2 is 2.18 bits per heavy atom. The molecule has 62 valence electrons. The van der Waals surface area contributed by atoms with E-state index < -0.39 is 0 Å². The van der Waals surface area contributed by atoms with Crippen LogP contribution in [0, 0.1) is 18.3 Å². The van der Waals surface area contributed by atoms with Crippen LogP contribution in [0.1, 0.15) is 27.2 Å². The molecule has 0 spiro atoms. The van der Waals surface area contributed by atoms with Crippen LogP contribution in [-0.2, 0) is 4.79 Å². The third kappa shape index (κ3) is 3.67. The van der Waals surface area contributed by atoms with E-state index in [9.17, 15) is 4.79 Å². The highest BCUT2D eigenvalue weighted by molar-refractivity contribution is 5.78. The number of hydrogen-bond donors (Lipinski definition) is 1. The van der Waals surface area contributed by atoms with Crippen LogP contribution in [0.2, 0.25) is 0 Å². The smallest absolute Gasteiger partial charge is 0.223 e. The standard InChI is InChI=1S/C9H15NO/c1-5-7(3)9(11)10-8(4)6-2/h2,7-8H,5H2,1,3-4H3,(H,10,11). The molecule has 0 fully saturated rings. The molecule has 0 aromatic rings. The van der Waals surface area contributed by atoms with Crippen molar-refractivity contribution in [2.45, 2.75) is 33.2 Å². The van der Waals surface area contributed by atoms with E-state index in [0.717, 1.165) is 6.42 Å². The van der Waals surface area contributed by atoms with Gasteiger partial charge < -0.3 is 5.32 Å². The fourth-order valence-electron chi connectivity index (χ4n) is 0.583. The van der Waals surface area contributed by atoms with E-state index in [1.54, 1.807) is 6.92 Å². The summed E-state index contributed by atoms with van der Waals surface area (Å²) < 4.78 is 0. The summed E-state index contributed by atoms with van der Waals surface area (Å²) in [6.45, 7) is 5.66. The summed E-state index contributed by atoms with van der Waals surface area (Å²) in [4.78, 5) is 11.1. The van der Waals surface area contributed by atoms with Gasteiger partial charge in [0.1, 0.15) is 0 Å². The summed E-state index contributed by atoms with van der Waals surface area (Å²) >= 11 is 0. The minimum Gasteiger partial charge on any atom is -0.343 e. The van der Waals surface area contributed by atoms with Gasteiger partial charge in [-0.1, -0.05) is 19.8 Å². The van der Waals surface area contributed by atoms with Gasteiger partial charge in [-0.15, -0.1) is 6.42 Å². The van der Waals surface area contributed by atoms with Gasteiger partial charge in [0, 0.05) is 5.92 Å². The zero-order chi connectivity index (χ0) is 8.85. The Bertz CT molecular complexity index is 169. The first-order valence-corrected chi connectivity index (χ1v) is 3.88. The maximum atomic E-state index is 11.1. The molecule has 0 aliphatic carbocycles. The molecule has 2 unspecified atom stereocenters. The summed E-state index contributed by atoms with van der Waals surface area (Å²) in [5.41, 5.74) is 0. The third-order valence-corrected chi connectivity index (χ3v) is 1.67. The fourth-order valence-corrected chi connectivity index (χ4v) is 0.583. The minimum atomic E-state index is -0.156. The summed E-state index contributed by atoms with van der Waals surface area (Å²) in [7, 11) is 0. The van der Waals surface area contributed by atoms with Crippen LogP contribution in [0.15, 0.2) is 0 Å². The second-order valence-corrected chi connectivity index (χ2v) is 2.71. The van der Waals surface area contributed by atoms with Crippen molar-refractivity contribution in [3.63, 3.8) is 0 Å². The number of hydrogen-bond acceptors (Lipinski definition) is 1. The van der Waals surface area contributed by atoms with Gasteiger partial charge >= 0.3 is 0 Å². The number of carbonyl (C=O) groups is 1. The predicted molar refractivity (Wildman–Crippen MR) is 45.9 cm³/mol. The second kappa shape index (κ2) is 4.79. The number of nitrogens with one attached hydrogen (secondary N) is 1. The lowest BCUT2D eigenvalue weighted by molar-refractivity contribution is -0.124. The zero-order valence-corrected chi connectivity index (χ0v) is 7.35. The first-order chi connectivity index (χ1) is 5.11. The molecule has 2 atom stereocenters. The molecule has 0 radical (unpaired) electrons. The van der Waals surface area contributed by atoms with Crippen LogP contribution >= 0.6 is 0 Å². The molecule has 0 bridgehead atoms. The second-order valence-electron chi connectivity index (χ2n) is 2.71. The van der Waals surface area contributed by atoms with Gasteiger partial charge in [-0.25, -0.2) is 0 Å². The SMILES string of the molecule is C#CC(C)NC(=O)C(C)CC. The van der Waals surface area contributed by atoms with Gasteiger partial charge in [-0.3, -0.25) is 4.79 Å². The third-order valence-electron chi connectivity index (χ3n) is 1.67. The quantitative estimate of drug-likeness (QED) is 0.606. The highest BCUT2D eigenvalue weighted by atomic mass is 16.1. The van der Waals surface area contributed by atoms with Crippen molar-refractivity contribution in [1.82, 2.24) is 5.32 Å². The van der Waals surface area contributed by atoms with Crippen molar-refractivity contribution >= 4 is 5.91 Å². The van der Waals surface area contributed by atoms with Gasteiger partial charge in [-0.05, 0) is 13.3 Å². The monoisotopic (exact) mass is 153 g/mol. The summed E-state index contributed by atoms with van der Waals surface area (Å²) in [5, 5.41) is 2.71. The Kier molecular flexibility index (Phi) is 4.36. The van der Waals surface area contributed by atoms with E-state index in [4.69, 9.17) is 6.42 Å². The topological polar surface area (TPSA) is 29.1 Å². The van der Waals surface area contributed by atoms with Crippen LogP contribution < -0.4 is 5.32 Å². The van der Waals surface area contributed by atoms with Crippen LogP contribution in [0.5, 0.6) is 0 Å². The van der Waals surface area contributed by atoms with Crippen molar-refractivity contribution in [2.24, 2.45) is 5.92 Å². The summed E-state index contributed by atoms with van der Waals surface area (Å²) in [6, 6.07) is -0.156. The van der Waals surface area contributed by atoms with Gasteiger partial charge in [0.15, 0.2) is 0 Å². The lowest BCUT2D eigenvalue weighted by Crippen LogP contribution is -2.35.